The summed E-state index contributed by atoms with van der Waals surface area (Å²) in [5.74, 6) is 0. The smallest absolute Gasteiger partial charge is 0.273 e. The van der Waals surface area contributed by atoms with Gasteiger partial charge in [-0.3, -0.25) is 9.71 Å². The van der Waals surface area contributed by atoms with Crippen molar-refractivity contribution in [2.24, 2.45) is 0 Å². The zero-order valence-corrected chi connectivity index (χ0v) is 11.6. The molecule has 2 aromatic heterocycles. The molecule has 0 amide bonds. The zero-order chi connectivity index (χ0) is 14.2. The maximum absolute atomic E-state index is 12.2. The van der Waals surface area contributed by atoms with Crippen LogP contribution in [0.25, 0.3) is 10.9 Å². The summed E-state index contributed by atoms with van der Waals surface area (Å²) in [5, 5.41) is 9.66. The van der Waals surface area contributed by atoms with E-state index in [4.69, 9.17) is 5.26 Å². The van der Waals surface area contributed by atoms with Crippen molar-refractivity contribution in [2.75, 3.05) is 4.72 Å². The lowest BCUT2D eigenvalue weighted by Crippen LogP contribution is -2.11. The Kier molecular flexibility index (Phi) is 2.93. The van der Waals surface area contributed by atoms with E-state index in [1.54, 1.807) is 24.4 Å². The van der Waals surface area contributed by atoms with Crippen molar-refractivity contribution >= 4 is 38.0 Å². The van der Waals surface area contributed by atoms with Crippen molar-refractivity contribution in [3.8, 4) is 6.07 Å². The number of H-pyrrole nitrogens is 1. The van der Waals surface area contributed by atoms with Gasteiger partial charge in [-0.1, -0.05) is 12.1 Å². The molecule has 0 bridgehead atoms. The second-order valence-electron chi connectivity index (χ2n) is 3.97. The van der Waals surface area contributed by atoms with E-state index in [1.807, 2.05) is 0 Å². The van der Waals surface area contributed by atoms with Gasteiger partial charge in [0.25, 0.3) is 10.0 Å². The molecular formula is C12H8N4O2S2. The number of hydrogen-bond donors (Lipinski definition) is 2. The summed E-state index contributed by atoms with van der Waals surface area (Å²) in [5.41, 5.74) is 2.91. The highest BCUT2D eigenvalue weighted by molar-refractivity contribution is 7.94. The van der Waals surface area contributed by atoms with E-state index in [0.29, 0.717) is 22.2 Å². The molecule has 0 saturated carbocycles. The van der Waals surface area contributed by atoms with Crippen molar-refractivity contribution in [3.05, 3.63) is 41.7 Å². The normalized spacial score (nSPS) is 11.3. The van der Waals surface area contributed by atoms with E-state index in [2.05, 4.69) is 20.8 Å². The van der Waals surface area contributed by atoms with E-state index in [9.17, 15) is 8.42 Å². The maximum atomic E-state index is 12.2. The van der Waals surface area contributed by atoms with Crippen LogP contribution in [0.1, 0.15) is 5.56 Å². The number of fused-ring (bicyclic) bond motifs is 1. The second kappa shape index (κ2) is 4.63. The number of thiazole rings is 1. The standard InChI is InChI=1S/C12H8N4O2S2/c13-4-8-5-15-12-9(8)2-1-3-10(12)16-20(17,18)11-6-14-7-19-11/h1-3,5-7,15-16H. The Morgan fingerprint density at radius 1 is 1.40 bits per heavy atom. The van der Waals surface area contributed by atoms with Gasteiger partial charge in [0.2, 0.25) is 0 Å². The van der Waals surface area contributed by atoms with E-state index < -0.39 is 10.0 Å². The Hall–Kier alpha value is -2.37. The highest BCUT2D eigenvalue weighted by Crippen LogP contribution is 2.27. The molecule has 0 atom stereocenters. The molecule has 3 aromatic rings. The van der Waals surface area contributed by atoms with Gasteiger partial charge in [-0.15, -0.1) is 11.3 Å². The van der Waals surface area contributed by atoms with Crippen LogP contribution in [0.3, 0.4) is 0 Å². The largest absolute Gasteiger partial charge is 0.358 e. The van der Waals surface area contributed by atoms with Gasteiger partial charge in [-0.05, 0) is 6.07 Å². The number of nitrogens with one attached hydrogen (secondary N) is 2. The predicted octanol–water partition coefficient (Wildman–Crippen LogP) is 2.30. The summed E-state index contributed by atoms with van der Waals surface area (Å²) in [4.78, 5) is 6.67. The van der Waals surface area contributed by atoms with E-state index in [-0.39, 0.29) is 4.21 Å². The number of nitrogens with zero attached hydrogens (tertiary/aromatic N) is 2. The third-order valence-electron chi connectivity index (χ3n) is 2.75. The fraction of sp³-hybridized carbons (Fsp3) is 0. The third kappa shape index (κ3) is 2.03. The minimum absolute atomic E-state index is 0.140. The van der Waals surface area contributed by atoms with Crippen molar-refractivity contribution in [1.82, 2.24) is 9.97 Å². The first kappa shape index (κ1) is 12.7. The SMILES string of the molecule is N#Cc1c[nH]c2c(NS(=O)(=O)c3cncs3)cccc12. The van der Waals surface area contributed by atoms with E-state index in [1.165, 1.54) is 11.7 Å². The molecule has 20 heavy (non-hydrogen) atoms. The van der Waals surface area contributed by atoms with Gasteiger partial charge in [-0.25, -0.2) is 8.42 Å². The van der Waals surface area contributed by atoms with Crippen molar-refractivity contribution < 1.29 is 8.42 Å². The van der Waals surface area contributed by atoms with Crippen molar-refractivity contribution in [2.45, 2.75) is 4.21 Å². The Balaban J connectivity index is 2.09. The number of rotatable bonds is 3. The zero-order valence-electron chi connectivity index (χ0n) is 9.99. The average Bonchev–Trinajstić information content (AvgIpc) is 3.08. The van der Waals surface area contributed by atoms with Crippen LogP contribution in [0, 0.1) is 11.3 Å². The third-order valence-corrected chi connectivity index (χ3v) is 5.39. The number of hydrogen-bond acceptors (Lipinski definition) is 5. The molecule has 0 saturated heterocycles. The van der Waals surface area contributed by atoms with Crippen LogP contribution in [0.2, 0.25) is 0 Å². The minimum atomic E-state index is -3.66. The Bertz CT molecular complexity index is 905. The molecule has 3 rings (SSSR count). The second-order valence-corrected chi connectivity index (χ2v) is 6.76. The number of para-hydroxylation sites is 1. The van der Waals surface area contributed by atoms with E-state index >= 15 is 0 Å². The number of benzene rings is 1. The molecule has 0 aliphatic rings. The first-order valence-electron chi connectivity index (χ1n) is 5.53. The molecule has 1 aromatic carbocycles. The van der Waals surface area contributed by atoms with Gasteiger partial charge in [0, 0.05) is 11.6 Å². The van der Waals surface area contributed by atoms with Gasteiger partial charge in [0.15, 0.2) is 4.21 Å². The topological polar surface area (TPSA) is 98.6 Å². The van der Waals surface area contributed by atoms with Gasteiger partial charge in [0.05, 0.1) is 28.5 Å². The fourth-order valence-corrected chi connectivity index (χ4v) is 3.73. The maximum Gasteiger partial charge on any atom is 0.273 e. The molecule has 0 aliphatic carbocycles. The van der Waals surface area contributed by atoms with E-state index in [0.717, 1.165) is 11.3 Å². The summed E-state index contributed by atoms with van der Waals surface area (Å²) in [6.45, 7) is 0. The lowest BCUT2D eigenvalue weighted by molar-refractivity contribution is 0.603. The highest BCUT2D eigenvalue weighted by Gasteiger charge is 2.18. The van der Waals surface area contributed by atoms with Gasteiger partial charge in [-0.2, -0.15) is 5.26 Å². The Morgan fingerprint density at radius 3 is 2.95 bits per heavy atom. The molecule has 8 heteroatoms. The van der Waals surface area contributed by atoms with Crippen LogP contribution in [-0.4, -0.2) is 18.4 Å². The summed E-state index contributed by atoms with van der Waals surface area (Å²) in [6.07, 6.45) is 2.84. The summed E-state index contributed by atoms with van der Waals surface area (Å²) in [7, 11) is -3.66. The predicted molar refractivity (Wildman–Crippen MR) is 75.9 cm³/mol. The molecule has 2 heterocycles. The van der Waals surface area contributed by atoms with Crippen LogP contribution in [0.5, 0.6) is 0 Å². The lowest BCUT2D eigenvalue weighted by Gasteiger charge is -2.07. The quantitative estimate of drug-likeness (QED) is 0.775. The molecule has 0 unspecified atom stereocenters. The number of nitriles is 1. The number of aromatic nitrogens is 2. The van der Waals surface area contributed by atoms with Gasteiger partial charge in [0.1, 0.15) is 6.07 Å². The molecule has 0 aliphatic heterocycles. The van der Waals surface area contributed by atoms with Crippen LogP contribution in [-0.2, 0) is 10.0 Å². The molecule has 2 N–H and O–H groups in total. The van der Waals surface area contributed by atoms with Crippen LogP contribution in [0.4, 0.5) is 5.69 Å². The van der Waals surface area contributed by atoms with Gasteiger partial charge >= 0.3 is 0 Å². The van der Waals surface area contributed by atoms with Gasteiger partial charge < -0.3 is 4.98 Å². The molecule has 6 nitrogen and oxygen atoms in total. The first-order valence-corrected chi connectivity index (χ1v) is 7.89. The molecule has 0 radical (unpaired) electrons. The molecule has 100 valence electrons. The number of sulfonamides is 1. The highest BCUT2D eigenvalue weighted by atomic mass is 32.2. The Labute approximate surface area is 118 Å². The van der Waals surface area contributed by atoms with Crippen molar-refractivity contribution in [1.29, 1.82) is 5.26 Å². The number of aromatic amines is 1. The fourth-order valence-electron chi connectivity index (χ4n) is 1.86. The van der Waals surface area contributed by atoms with Crippen LogP contribution in [0.15, 0.2) is 40.3 Å². The average molecular weight is 304 g/mol. The molecular weight excluding hydrogens is 296 g/mol. The Morgan fingerprint density at radius 2 is 2.25 bits per heavy atom. The molecule has 0 spiro atoms. The summed E-state index contributed by atoms with van der Waals surface area (Å²) < 4.78 is 27.0. The van der Waals surface area contributed by atoms with Crippen molar-refractivity contribution in [3.63, 3.8) is 0 Å². The summed E-state index contributed by atoms with van der Waals surface area (Å²) in [6, 6.07) is 7.14. The summed E-state index contributed by atoms with van der Waals surface area (Å²) >= 11 is 1.04. The lowest BCUT2D eigenvalue weighted by atomic mass is 10.2. The monoisotopic (exact) mass is 304 g/mol. The molecule has 0 fully saturated rings. The van der Waals surface area contributed by atoms with Crippen LogP contribution < -0.4 is 4.72 Å². The van der Waals surface area contributed by atoms with Crippen LogP contribution >= 0.6 is 11.3 Å². The number of anilines is 1. The minimum Gasteiger partial charge on any atom is -0.358 e. The first-order chi connectivity index (χ1) is 9.62.